The third kappa shape index (κ3) is 2.85. The topological polar surface area (TPSA) is 53.9 Å². The maximum atomic E-state index is 4.42. The van der Waals surface area contributed by atoms with E-state index in [4.69, 9.17) is 0 Å². The van der Waals surface area contributed by atoms with E-state index in [2.05, 4.69) is 42.9 Å². The van der Waals surface area contributed by atoms with Crippen LogP contribution in [0, 0.1) is 12.8 Å². The Labute approximate surface area is 128 Å². The van der Waals surface area contributed by atoms with E-state index in [9.17, 15) is 0 Å². The molecule has 1 saturated carbocycles. The van der Waals surface area contributed by atoms with E-state index < -0.39 is 0 Å². The molecule has 1 N–H and O–H groups in total. The third-order valence-electron chi connectivity index (χ3n) is 4.11. The van der Waals surface area contributed by atoms with Crippen molar-refractivity contribution >= 4 is 22.3 Å². The first-order chi connectivity index (χ1) is 10.3. The van der Waals surface area contributed by atoms with Gasteiger partial charge in [-0.1, -0.05) is 0 Å². The predicted molar refractivity (Wildman–Crippen MR) is 85.1 cm³/mol. The van der Waals surface area contributed by atoms with Gasteiger partial charge in [0.05, 0.1) is 11.4 Å². The lowest BCUT2D eigenvalue weighted by atomic mass is 10.0. The van der Waals surface area contributed by atoms with Gasteiger partial charge in [-0.05, 0) is 31.9 Å². The highest BCUT2D eigenvalue weighted by atomic mass is 32.1. The van der Waals surface area contributed by atoms with Crippen molar-refractivity contribution in [1.82, 2.24) is 15.2 Å². The Hall–Kier alpha value is -1.69. The predicted octanol–water partition coefficient (Wildman–Crippen LogP) is 2.67. The number of aromatic nitrogens is 3. The molecule has 4 rings (SSSR count). The molecular formula is C15H19N5S. The highest BCUT2D eigenvalue weighted by Crippen LogP contribution is 2.38. The number of nitrogens with zero attached hydrogens (tertiary/aromatic N) is 4. The van der Waals surface area contributed by atoms with Crippen molar-refractivity contribution in [3.63, 3.8) is 0 Å². The lowest BCUT2D eigenvalue weighted by molar-refractivity contribution is 0.425. The van der Waals surface area contributed by atoms with Crippen LogP contribution in [0.3, 0.4) is 0 Å². The van der Waals surface area contributed by atoms with Crippen molar-refractivity contribution in [1.29, 1.82) is 0 Å². The average Bonchev–Trinajstić information content (AvgIpc) is 3.21. The van der Waals surface area contributed by atoms with Crippen molar-refractivity contribution in [3.8, 4) is 0 Å². The van der Waals surface area contributed by atoms with Gasteiger partial charge in [0.15, 0.2) is 10.9 Å². The molecule has 0 amide bonds. The molecule has 5 nitrogen and oxygen atoms in total. The van der Waals surface area contributed by atoms with Crippen LogP contribution < -0.4 is 10.2 Å². The van der Waals surface area contributed by atoms with Gasteiger partial charge in [0.2, 0.25) is 0 Å². The molecule has 0 spiro atoms. The Morgan fingerprint density at radius 3 is 2.76 bits per heavy atom. The number of thiazole rings is 1. The fraction of sp³-hybridized carbons (Fsp3) is 0.533. The molecule has 1 saturated heterocycles. The lowest BCUT2D eigenvalue weighted by Gasteiger charge is -2.39. The highest BCUT2D eigenvalue weighted by molar-refractivity contribution is 7.13. The summed E-state index contributed by atoms with van der Waals surface area (Å²) < 4.78 is 0. The first-order valence-electron chi connectivity index (χ1n) is 7.52. The highest BCUT2D eigenvalue weighted by Gasteiger charge is 2.29. The molecule has 21 heavy (non-hydrogen) atoms. The minimum Gasteiger partial charge on any atom is -0.361 e. The molecule has 0 bridgehead atoms. The van der Waals surface area contributed by atoms with Crippen LogP contribution in [0.1, 0.15) is 30.1 Å². The monoisotopic (exact) mass is 301 g/mol. The Morgan fingerprint density at radius 2 is 2.14 bits per heavy atom. The van der Waals surface area contributed by atoms with E-state index in [1.54, 1.807) is 11.3 Å². The van der Waals surface area contributed by atoms with Crippen LogP contribution in [0.15, 0.2) is 17.5 Å². The summed E-state index contributed by atoms with van der Waals surface area (Å²) in [4.78, 5) is 6.72. The summed E-state index contributed by atoms with van der Waals surface area (Å²) in [5, 5.41) is 15.2. The van der Waals surface area contributed by atoms with Gasteiger partial charge in [0.25, 0.3) is 0 Å². The Bertz CT molecular complexity index is 613. The number of nitrogens with one attached hydrogen (secondary N) is 1. The number of aryl methyl sites for hydroxylation is 1. The van der Waals surface area contributed by atoms with Crippen LogP contribution in [0.5, 0.6) is 0 Å². The van der Waals surface area contributed by atoms with Crippen LogP contribution in [0.4, 0.5) is 10.9 Å². The number of hydrogen-bond donors (Lipinski definition) is 1. The molecule has 2 aliphatic rings. The zero-order valence-electron chi connectivity index (χ0n) is 12.1. The van der Waals surface area contributed by atoms with E-state index in [1.807, 2.05) is 6.92 Å². The van der Waals surface area contributed by atoms with E-state index >= 15 is 0 Å². The summed E-state index contributed by atoms with van der Waals surface area (Å²) in [5.41, 5.74) is 2.25. The standard InChI is InChI=1S/C15H19N5S/c1-10-9-21-15(17-10)16-6-11-7-20(8-11)14-5-4-13(18-19-14)12-2-3-12/h4-5,9,11-12H,2-3,6-8H2,1H3,(H,16,17). The van der Waals surface area contributed by atoms with Crippen LogP contribution in [-0.2, 0) is 0 Å². The SMILES string of the molecule is Cc1csc(NCC2CN(c3ccc(C4CC4)nn3)C2)n1. The smallest absolute Gasteiger partial charge is 0.182 e. The molecule has 0 unspecified atom stereocenters. The summed E-state index contributed by atoms with van der Waals surface area (Å²) in [6.45, 7) is 5.11. The van der Waals surface area contributed by atoms with E-state index in [0.29, 0.717) is 11.8 Å². The van der Waals surface area contributed by atoms with Crippen molar-refractivity contribution in [2.24, 2.45) is 5.92 Å². The van der Waals surface area contributed by atoms with Crippen molar-refractivity contribution < 1.29 is 0 Å². The molecule has 0 radical (unpaired) electrons. The van der Waals surface area contributed by atoms with Crippen LogP contribution in [0.2, 0.25) is 0 Å². The van der Waals surface area contributed by atoms with E-state index in [0.717, 1.165) is 42.0 Å². The van der Waals surface area contributed by atoms with Crippen LogP contribution in [-0.4, -0.2) is 34.8 Å². The fourth-order valence-electron chi connectivity index (χ4n) is 2.65. The quantitative estimate of drug-likeness (QED) is 0.920. The van der Waals surface area contributed by atoms with Gasteiger partial charge in [-0.3, -0.25) is 0 Å². The molecule has 2 aromatic rings. The molecule has 0 aromatic carbocycles. The number of rotatable bonds is 5. The lowest BCUT2D eigenvalue weighted by Crippen LogP contribution is -2.50. The first-order valence-corrected chi connectivity index (χ1v) is 8.40. The Kier molecular flexibility index (Phi) is 3.25. The minimum absolute atomic E-state index is 0.666. The van der Waals surface area contributed by atoms with Crippen LogP contribution >= 0.6 is 11.3 Å². The zero-order valence-corrected chi connectivity index (χ0v) is 12.9. The zero-order chi connectivity index (χ0) is 14.2. The van der Waals surface area contributed by atoms with Gasteiger partial charge < -0.3 is 10.2 Å². The molecule has 0 atom stereocenters. The number of anilines is 2. The summed E-state index contributed by atoms with van der Waals surface area (Å²) in [5.74, 6) is 2.36. The van der Waals surface area contributed by atoms with Gasteiger partial charge >= 0.3 is 0 Å². The maximum Gasteiger partial charge on any atom is 0.182 e. The summed E-state index contributed by atoms with van der Waals surface area (Å²) in [7, 11) is 0. The first kappa shape index (κ1) is 13.0. The van der Waals surface area contributed by atoms with E-state index in [-0.39, 0.29) is 0 Å². The maximum absolute atomic E-state index is 4.42. The second-order valence-corrected chi connectivity index (χ2v) is 6.89. The largest absolute Gasteiger partial charge is 0.361 e. The summed E-state index contributed by atoms with van der Waals surface area (Å²) >= 11 is 1.68. The Morgan fingerprint density at radius 1 is 1.29 bits per heavy atom. The van der Waals surface area contributed by atoms with Gasteiger partial charge in [0, 0.05) is 36.9 Å². The second kappa shape index (κ2) is 5.26. The van der Waals surface area contributed by atoms with E-state index in [1.165, 1.54) is 12.8 Å². The number of hydrogen-bond acceptors (Lipinski definition) is 6. The van der Waals surface area contributed by atoms with Gasteiger partial charge in [-0.25, -0.2) is 4.98 Å². The third-order valence-corrected chi connectivity index (χ3v) is 5.03. The van der Waals surface area contributed by atoms with Gasteiger partial charge in [-0.15, -0.1) is 16.4 Å². The second-order valence-electron chi connectivity index (χ2n) is 6.04. The molecule has 3 heterocycles. The summed E-state index contributed by atoms with van der Waals surface area (Å²) in [6.07, 6.45) is 2.56. The molecule has 1 aliphatic heterocycles. The molecule has 2 fully saturated rings. The van der Waals surface area contributed by atoms with Gasteiger partial charge in [-0.2, -0.15) is 5.10 Å². The minimum atomic E-state index is 0.666. The molecule has 110 valence electrons. The van der Waals surface area contributed by atoms with Crippen molar-refractivity contribution in [3.05, 3.63) is 28.9 Å². The molecule has 6 heteroatoms. The van der Waals surface area contributed by atoms with Gasteiger partial charge in [0.1, 0.15) is 0 Å². The molecule has 1 aliphatic carbocycles. The molecular weight excluding hydrogens is 282 g/mol. The summed E-state index contributed by atoms with van der Waals surface area (Å²) in [6, 6.07) is 4.26. The van der Waals surface area contributed by atoms with Crippen LogP contribution in [0.25, 0.3) is 0 Å². The normalized spacial score (nSPS) is 18.6. The molecule has 2 aromatic heterocycles. The van der Waals surface area contributed by atoms with Crippen molar-refractivity contribution in [2.45, 2.75) is 25.7 Å². The Balaban J connectivity index is 1.26. The average molecular weight is 301 g/mol. The van der Waals surface area contributed by atoms with Crippen molar-refractivity contribution in [2.75, 3.05) is 29.9 Å². The fourth-order valence-corrected chi connectivity index (χ4v) is 3.35.